The first-order valence-corrected chi connectivity index (χ1v) is 15.1. The van der Waals surface area contributed by atoms with Gasteiger partial charge < -0.3 is 24.4 Å². The first-order valence-electron chi connectivity index (χ1n) is 11.4. The van der Waals surface area contributed by atoms with Crippen molar-refractivity contribution in [2.24, 2.45) is 5.92 Å². The number of rotatable bonds is 7. The quantitative estimate of drug-likeness (QED) is 0.448. The van der Waals surface area contributed by atoms with Crippen molar-refractivity contribution in [3.8, 4) is 5.75 Å². The van der Waals surface area contributed by atoms with Crippen molar-refractivity contribution >= 4 is 25.9 Å². The number of carbonyl (C=O) groups is 3. The Morgan fingerprint density at radius 1 is 1.21 bits per heavy atom. The summed E-state index contributed by atoms with van der Waals surface area (Å²) in [7, 11) is -1.41. The number of aromatic hydroxyl groups is 1. The maximum absolute atomic E-state index is 13.2. The number of benzene rings is 1. The van der Waals surface area contributed by atoms with E-state index in [4.69, 9.17) is 14.0 Å². The highest BCUT2D eigenvalue weighted by atomic mass is 28.3. The van der Waals surface area contributed by atoms with Crippen LogP contribution in [-0.2, 0) is 25.7 Å². The molecule has 9 nitrogen and oxygen atoms in total. The van der Waals surface area contributed by atoms with Gasteiger partial charge in [-0.05, 0) is 36.2 Å². The zero-order valence-corrected chi connectivity index (χ0v) is 20.8. The van der Waals surface area contributed by atoms with Crippen molar-refractivity contribution in [2.45, 2.75) is 63.5 Å². The van der Waals surface area contributed by atoms with Gasteiger partial charge in [-0.1, -0.05) is 30.9 Å². The summed E-state index contributed by atoms with van der Waals surface area (Å²) in [4.78, 5) is 38.9. The number of fused-ring (bicyclic) bond motifs is 2. The molecular formula is C24H30N2O7Si. The second kappa shape index (κ2) is 9.25. The maximum atomic E-state index is 13.2. The molecule has 3 aliphatic rings. The summed E-state index contributed by atoms with van der Waals surface area (Å²) in [5, 5.41) is 16.6. The fourth-order valence-electron chi connectivity index (χ4n) is 4.81. The molecule has 1 unspecified atom stereocenters. The third kappa shape index (κ3) is 5.01. The number of carbonyl (C=O) groups excluding carboxylic acids is 3. The van der Waals surface area contributed by atoms with E-state index >= 15 is 0 Å². The Bertz CT molecular complexity index is 1110. The molecule has 1 aromatic carbocycles. The Balaban J connectivity index is 1.57. The summed E-state index contributed by atoms with van der Waals surface area (Å²) in [6, 6.07) is 6.46. The number of hydrogen-bond acceptors (Lipinski definition) is 8. The first kappa shape index (κ1) is 24.0. The van der Waals surface area contributed by atoms with Crippen LogP contribution in [0.2, 0.25) is 25.7 Å². The van der Waals surface area contributed by atoms with E-state index in [9.17, 15) is 19.5 Å². The predicted molar refractivity (Wildman–Crippen MR) is 124 cm³/mol. The van der Waals surface area contributed by atoms with Gasteiger partial charge in [0.25, 0.3) is 0 Å². The van der Waals surface area contributed by atoms with E-state index < -0.39 is 43.9 Å². The lowest BCUT2D eigenvalue weighted by Gasteiger charge is -2.47. The Kier molecular flexibility index (Phi) is 6.53. The number of ketones is 1. The number of amides is 1. The van der Waals surface area contributed by atoms with Crippen LogP contribution in [0.15, 0.2) is 28.8 Å². The molecule has 2 aromatic rings. The number of esters is 1. The molecule has 1 fully saturated rings. The average molecular weight is 487 g/mol. The van der Waals surface area contributed by atoms with Gasteiger partial charge in [-0.3, -0.25) is 9.59 Å². The van der Waals surface area contributed by atoms with Crippen molar-refractivity contribution < 1.29 is 33.5 Å². The van der Waals surface area contributed by atoms with Gasteiger partial charge in [-0.25, -0.2) is 4.79 Å². The highest BCUT2D eigenvalue weighted by molar-refractivity contribution is 6.76. The number of phenolic OH excluding ortho intramolecular Hbond substituents is 1. The summed E-state index contributed by atoms with van der Waals surface area (Å²) in [6.45, 7) is 8.51. The second-order valence-corrected chi connectivity index (χ2v) is 15.9. The number of ether oxygens (including phenoxy) is 2. The zero-order valence-electron chi connectivity index (χ0n) is 19.8. The lowest BCUT2D eigenvalue weighted by molar-refractivity contribution is -0.152. The van der Waals surface area contributed by atoms with E-state index in [1.54, 1.807) is 25.1 Å². The maximum Gasteiger partial charge on any atom is 0.407 e. The van der Waals surface area contributed by atoms with E-state index in [0.29, 0.717) is 23.6 Å². The van der Waals surface area contributed by atoms with Gasteiger partial charge in [0.1, 0.15) is 29.6 Å². The molecular weight excluding hydrogens is 456 g/mol. The van der Waals surface area contributed by atoms with Gasteiger partial charge in [0, 0.05) is 26.5 Å². The molecule has 0 radical (unpaired) electrons. The SMILES string of the molecule is Cc1cc(COC(=O)N[C@H]2[C@H](C(=O)OCC[Si](C)(C)C)C3CC(=O)[C@H]2c2cc(O)ccc23)no1. The van der Waals surface area contributed by atoms with Crippen molar-refractivity contribution in [1.29, 1.82) is 0 Å². The lowest BCUT2D eigenvalue weighted by Crippen LogP contribution is -2.57. The molecule has 1 saturated carbocycles. The summed E-state index contributed by atoms with van der Waals surface area (Å²) < 4.78 is 15.9. The first-order chi connectivity index (χ1) is 16.0. The molecule has 2 N–H and O–H groups in total. The molecule has 10 heteroatoms. The van der Waals surface area contributed by atoms with Crippen LogP contribution < -0.4 is 5.32 Å². The van der Waals surface area contributed by atoms with E-state index in [2.05, 4.69) is 30.1 Å². The summed E-state index contributed by atoms with van der Waals surface area (Å²) in [5.41, 5.74) is 1.91. The largest absolute Gasteiger partial charge is 0.508 e. The van der Waals surface area contributed by atoms with Crippen LogP contribution in [-0.4, -0.2) is 48.8 Å². The molecule has 1 amide bonds. The van der Waals surface area contributed by atoms with Crippen LogP contribution in [0, 0.1) is 12.8 Å². The van der Waals surface area contributed by atoms with Crippen LogP contribution in [0.5, 0.6) is 5.75 Å². The van der Waals surface area contributed by atoms with Crippen LogP contribution in [0.4, 0.5) is 4.79 Å². The number of nitrogens with one attached hydrogen (secondary N) is 1. The molecule has 0 saturated heterocycles. The molecule has 3 aliphatic carbocycles. The number of aromatic nitrogens is 1. The molecule has 1 aromatic heterocycles. The molecule has 0 aliphatic heterocycles. The predicted octanol–water partition coefficient (Wildman–Crippen LogP) is 3.63. The topological polar surface area (TPSA) is 128 Å². The third-order valence-corrected chi connectivity index (χ3v) is 8.14. The standard InChI is InChI=1S/C24H30N2O7Si/c1-13-9-14(26-33-13)12-32-24(30)25-22-20-17-10-15(27)5-6-16(17)18(11-19(20)28)21(22)23(29)31-7-8-34(2,3)4/h5-6,9-10,18,20-22,27H,7-8,11-12H2,1-4H3,(H,25,30)/t18?,20-,21-,22-/m1/s1. The van der Waals surface area contributed by atoms with Gasteiger partial charge in [-0.2, -0.15) is 0 Å². The minimum atomic E-state index is -1.41. The molecule has 2 bridgehead atoms. The molecule has 182 valence electrons. The second-order valence-electron chi connectivity index (χ2n) is 10.2. The lowest BCUT2D eigenvalue weighted by atomic mass is 9.58. The van der Waals surface area contributed by atoms with Gasteiger partial charge in [-0.15, -0.1) is 0 Å². The summed E-state index contributed by atoms with van der Waals surface area (Å²) >= 11 is 0. The fourth-order valence-corrected chi connectivity index (χ4v) is 5.52. The van der Waals surface area contributed by atoms with Gasteiger partial charge in [0.05, 0.1) is 24.5 Å². The minimum absolute atomic E-state index is 0.0242. The molecule has 5 rings (SSSR count). The highest BCUT2D eigenvalue weighted by Crippen LogP contribution is 2.52. The van der Waals surface area contributed by atoms with Gasteiger partial charge >= 0.3 is 12.1 Å². The van der Waals surface area contributed by atoms with Crippen molar-refractivity contribution in [3.05, 3.63) is 46.8 Å². The number of phenols is 1. The Hall–Kier alpha value is -3.14. The smallest absolute Gasteiger partial charge is 0.407 e. The fraction of sp³-hybridized carbons (Fsp3) is 0.500. The third-order valence-electron chi connectivity index (χ3n) is 6.43. The number of nitrogens with zero attached hydrogens (tertiary/aromatic N) is 1. The van der Waals surface area contributed by atoms with Crippen LogP contribution in [0.3, 0.4) is 0 Å². The van der Waals surface area contributed by atoms with E-state index in [-0.39, 0.29) is 24.6 Å². The summed E-state index contributed by atoms with van der Waals surface area (Å²) in [6.07, 6.45) is -0.589. The number of hydrogen-bond donors (Lipinski definition) is 2. The number of Topliss-reactive ketones (excluding diaryl/α,β-unsaturated/α-hetero) is 1. The van der Waals surface area contributed by atoms with Crippen molar-refractivity contribution in [1.82, 2.24) is 10.5 Å². The van der Waals surface area contributed by atoms with E-state index in [1.165, 1.54) is 6.07 Å². The monoisotopic (exact) mass is 486 g/mol. The Morgan fingerprint density at radius 2 is 1.97 bits per heavy atom. The van der Waals surface area contributed by atoms with Crippen LogP contribution in [0.1, 0.15) is 40.8 Å². The van der Waals surface area contributed by atoms with E-state index in [1.807, 2.05) is 0 Å². The molecule has 0 spiro atoms. The highest BCUT2D eigenvalue weighted by Gasteiger charge is 2.55. The van der Waals surface area contributed by atoms with Crippen molar-refractivity contribution in [2.75, 3.05) is 6.61 Å². The molecule has 34 heavy (non-hydrogen) atoms. The Labute approximate surface area is 198 Å². The minimum Gasteiger partial charge on any atom is -0.508 e. The van der Waals surface area contributed by atoms with Crippen LogP contribution >= 0.6 is 0 Å². The van der Waals surface area contributed by atoms with Crippen LogP contribution in [0.25, 0.3) is 0 Å². The summed E-state index contributed by atoms with van der Waals surface area (Å²) in [5.74, 6) is -1.87. The average Bonchev–Trinajstić information content (AvgIpc) is 3.16. The normalized spacial score (nSPS) is 23.4. The van der Waals surface area contributed by atoms with Gasteiger partial charge in [0.15, 0.2) is 0 Å². The van der Waals surface area contributed by atoms with Crippen molar-refractivity contribution in [3.63, 3.8) is 0 Å². The number of alkyl carbamates (subject to hydrolysis) is 1. The Morgan fingerprint density at radius 3 is 2.65 bits per heavy atom. The number of aryl methyl sites for hydroxylation is 1. The van der Waals surface area contributed by atoms with E-state index in [0.717, 1.165) is 11.6 Å². The molecule has 1 heterocycles. The van der Waals surface area contributed by atoms with Gasteiger partial charge in [0.2, 0.25) is 0 Å². The molecule has 4 atom stereocenters. The zero-order chi connectivity index (χ0) is 24.6.